The van der Waals surface area contributed by atoms with Crippen molar-refractivity contribution >= 4 is 5.91 Å². The second-order valence-corrected chi connectivity index (χ2v) is 6.25. The van der Waals surface area contributed by atoms with Gasteiger partial charge in [-0.15, -0.1) is 0 Å². The molecule has 0 bridgehead atoms. The van der Waals surface area contributed by atoms with E-state index in [-0.39, 0.29) is 11.8 Å². The van der Waals surface area contributed by atoms with E-state index in [4.69, 9.17) is 4.52 Å². The molecule has 1 aromatic heterocycles. The predicted molar refractivity (Wildman–Crippen MR) is 81.4 cm³/mol. The molecule has 1 unspecified atom stereocenters. The maximum Gasteiger partial charge on any atom is 0.239 e. The molecule has 2 aliphatic rings. The molecule has 114 valence electrons. The third kappa shape index (κ3) is 2.21. The van der Waals surface area contributed by atoms with E-state index in [0.717, 1.165) is 37.8 Å². The van der Waals surface area contributed by atoms with Crippen molar-refractivity contribution in [1.29, 1.82) is 0 Å². The number of nitrogens with zero attached hydrogens (tertiary/aromatic N) is 3. The number of likely N-dealkylation sites (tertiary alicyclic amines) is 1. The molecular formula is C17H19N3O2. The zero-order valence-corrected chi connectivity index (χ0v) is 12.7. The second-order valence-electron chi connectivity index (χ2n) is 6.25. The van der Waals surface area contributed by atoms with Gasteiger partial charge in [0.25, 0.3) is 0 Å². The van der Waals surface area contributed by atoms with Crippen LogP contribution in [0.4, 0.5) is 0 Å². The van der Waals surface area contributed by atoms with Crippen LogP contribution < -0.4 is 0 Å². The number of benzene rings is 1. The number of amides is 1. The Hall–Kier alpha value is -2.17. The lowest BCUT2D eigenvalue weighted by molar-refractivity contribution is -0.134. The van der Waals surface area contributed by atoms with E-state index >= 15 is 0 Å². The summed E-state index contributed by atoms with van der Waals surface area (Å²) in [6, 6.07) is 6.37. The Morgan fingerprint density at radius 1 is 1.23 bits per heavy atom. The van der Waals surface area contributed by atoms with Gasteiger partial charge in [0.1, 0.15) is 5.92 Å². The fraction of sp³-hybridized carbons (Fsp3) is 0.471. The smallest absolute Gasteiger partial charge is 0.239 e. The highest BCUT2D eigenvalue weighted by molar-refractivity contribution is 5.83. The summed E-state index contributed by atoms with van der Waals surface area (Å²) in [5.41, 5.74) is 3.79. The molecule has 1 aromatic carbocycles. The Kier molecular flexibility index (Phi) is 3.21. The first kappa shape index (κ1) is 13.5. The van der Waals surface area contributed by atoms with Crippen molar-refractivity contribution in [1.82, 2.24) is 15.0 Å². The van der Waals surface area contributed by atoms with Crippen LogP contribution >= 0.6 is 0 Å². The van der Waals surface area contributed by atoms with E-state index < -0.39 is 0 Å². The summed E-state index contributed by atoms with van der Waals surface area (Å²) in [7, 11) is 1.83. The first-order valence-electron chi connectivity index (χ1n) is 7.93. The predicted octanol–water partition coefficient (Wildman–Crippen LogP) is 2.56. The van der Waals surface area contributed by atoms with E-state index in [9.17, 15) is 4.79 Å². The van der Waals surface area contributed by atoms with E-state index in [1.165, 1.54) is 17.5 Å². The number of fused-ring (bicyclic) bond motifs is 1. The number of likely N-dealkylation sites (N-methyl/N-ethyl adjacent to an activating group) is 1. The summed E-state index contributed by atoms with van der Waals surface area (Å²) in [5.74, 6) is 0.836. The minimum absolute atomic E-state index is 0.0791. The number of aromatic nitrogens is 2. The summed E-state index contributed by atoms with van der Waals surface area (Å²) in [6.45, 7) is 0.807. The quantitative estimate of drug-likeness (QED) is 0.855. The van der Waals surface area contributed by atoms with Crippen molar-refractivity contribution in [3.8, 4) is 11.4 Å². The molecule has 1 saturated heterocycles. The lowest BCUT2D eigenvalue weighted by Gasteiger charge is -2.26. The first-order valence-corrected chi connectivity index (χ1v) is 7.93. The fourth-order valence-electron chi connectivity index (χ4n) is 3.47. The molecule has 0 saturated carbocycles. The number of hydrogen-bond donors (Lipinski definition) is 0. The van der Waals surface area contributed by atoms with Crippen LogP contribution in [0.1, 0.15) is 42.2 Å². The van der Waals surface area contributed by atoms with Crippen molar-refractivity contribution in [2.45, 2.75) is 38.0 Å². The van der Waals surface area contributed by atoms with E-state index in [1.807, 2.05) is 13.1 Å². The van der Waals surface area contributed by atoms with Crippen molar-refractivity contribution in [3.63, 3.8) is 0 Å². The summed E-state index contributed by atoms with van der Waals surface area (Å²) in [6.07, 6.45) is 5.27. The van der Waals surface area contributed by atoms with E-state index in [0.29, 0.717) is 11.7 Å². The highest BCUT2D eigenvalue weighted by atomic mass is 16.5. The van der Waals surface area contributed by atoms with Gasteiger partial charge in [0.05, 0.1) is 0 Å². The highest BCUT2D eigenvalue weighted by Crippen LogP contribution is 2.30. The number of aryl methyl sites for hydroxylation is 2. The molecule has 1 aliphatic carbocycles. The van der Waals surface area contributed by atoms with Crippen LogP contribution in [0.2, 0.25) is 0 Å². The van der Waals surface area contributed by atoms with Crippen molar-refractivity contribution in [2.24, 2.45) is 0 Å². The summed E-state index contributed by atoms with van der Waals surface area (Å²) < 4.78 is 5.39. The molecule has 0 spiro atoms. The van der Waals surface area contributed by atoms with Crippen LogP contribution in [0.5, 0.6) is 0 Å². The van der Waals surface area contributed by atoms with Crippen molar-refractivity contribution in [2.75, 3.05) is 13.6 Å². The monoisotopic (exact) mass is 297 g/mol. The Balaban J connectivity index is 1.62. The van der Waals surface area contributed by atoms with Crippen molar-refractivity contribution in [3.05, 3.63) is 35.2 Å². The van der Waals surface area contributed by atoms with Crippen LogP contribution in [-0.2, 0) is 17.6 Å². The Bertz CT molecular complexity index is 722. The van der Waals surface area contributed by atoms with Gasteiger partial charge in [0.2, 0.25) is 17.6 Å². The van der Waals surface area contributed by atoms with Crippen LogP contribution in [0, 0.1) is 0 Å². The Morgan fingerprint density at radius 2 is 2.09 bits per heavy atom. The van der Waals surface area contributed by atoms with Crippen LogP contribution in [0.15, 0.2) is 22.7 Å². The van der Waals surface area contributed by atoms with Crippen LogP contribution in [-0.4, -0.2) is 34.5 Å². The molecule has 5 heteroatoms. The zero-order chi connectivity index (χ0) is 15.1. The van der Waals surface area contributed by atoms with Gasteiger partial charge >= 0.3 is 0 Å². The lowest BCUT2D eigenvalue weighted by Crippen LogP contribution is -2.37. The van der Waals surface area contributed by atoms with Gasteiger partial charge in [-0.1, -0.05) is 17.3 Å². The number of piperidine rings is 1. The van der Waals surface area contributed by atoms with Crippen LogP contribution in [0.3, 0.4) is 0 Å². The van der Waals surface area contributed by atoms with Crippen LogP contribution in [0.25, 0.3) is 11.4 Å². The molecule has 1 aliphatic heterocycles. The number of hydrogen-bond acceptors (Lipinski definition) is 4. The highest BCUT2D eigenvalue weighted by Gasteiger charge is 2.32. The summed E-state index contributed by atoms with van der Waals surface area (Å²) in [4.78, 5) is 18.5. The first-order chi connectivity index (χ1) is 10.7. The molecule has 2 aromatic rings. The number of carbonyl (C=O) groups is 1. The molecule has 22 heavy (non-hydrogen) atoms. The normalized spacial score (nSPS) is 21.2. The maximum absolute atomic E-state index is 12.2. The van der Waals surface area contributed by atoms with Gasteiger partial charge in [-0.2, -0.15) is 4.98 Å². The molecule has 1 atom stereocenters. The molecule has 0 N–H and O–H groups in total. The third-order valence-corrected chi connectivity index (χ3v) is 4.76. The summed E-state index contributed by atoms with van der Waals surface area (Å²) >= 11 is 0. The van der Waals surface area contributed by atoms with Gasteiger partial charge < -0.3 is 9.42 Å². The molecule has 1 fully saturated rings. The molecule has 1 amide bonds. The standard InChI is InChI=1S/C17H19N3O2/c1-20-9-3-6-14(17(20)21)16-18-15(19-22-16)13-8-7-11-4-2-5-12(11)10-13/h7-8,10,14H,2-6,9H2,1H3. The fourth-order valence-corrected chi connectivity index (χ4v) is 3.47. The maximum atomic E-state index is 12.2. The van der Waals surface area contributed by atoms with E-state index in [2.05, 4.69) is 22.3 Å². The number of rotatable bonds is 2. The largest absolute Gasteiger partial charge is 0.345 e. The minimum Gasteiger partial charge on any atom is -0.345 e. The Labute approximate surface area is 129 Å². The Morgan fingerprint density at radius 3 is 3.00 bits per heavy atom. The third-order valence-electron chi connectivity index (χ3n) is 4.76. The molecular weight excluding hydrogens is 278 g/mol. The molecule has 4 rings (SSSR count). The molecule has 5 nitrogen and oxygen atoms in total. The average molecular weight is 297 g/mol. The second kappa shape index (κ2) is 5.23. The molecule has 2 heterocycles. The minimum atomic E-state index is -0.283. The van der Waals surface area contributed by atoms with Gasteiger partial charge in [-0.3, -0.25) is 4.79 Å². The zero-order valence-electron chi connectivity index (χ0n) is 12.7. The number of carbonyl (C=O) groups excluding carboxylic acids is 1. The van der Waals surface area contributed by atoms with E-state index in [1.54, 1.807) is 4.90 Å². The van der Waals surface area contributed by atoms with Gasteiger partial charge in [-0.25, -0.2) is 0 Å². The lowest BCUT2D eigenvalue weighted by atomic mass is 9.97. The van der Waals surface area contributed by atoms with Gasteiger partial charge in [0, 0.05) is 19.2 Å². The van der Waals surface area contributed by atoms with Gasteiger partial charge in [-0.05, 0) is 49.3 Å². The van der Waals surface area contributed by atoms with Crippen molar-refractivity contribution < 1.29 is 9.32 Å². The molecule has 0 radical (unpaired) electrons. The average Bonchev–Trinajstić information content (AvgIpc) is 3.17. The SMILES string of the molecule is CN1CCCC(c2nc(-c3ccc4c(c3)CCC4)no2)C1=O. The van der Waals surface area contributed by atoms with Gasteiger partial charge in [0.15, 0.2) is 0 Å². The summed E-state index contributed by atoms with van der Waals surface area (Å²) in [5, 5.41) is 4.09. The topological polar surface area (TPSA) is 59.2 Å².